The largest absolute Gasteiger partial charge is 0.292 e. The van der Waals surface area contributed by atoms with Gasteiger partial charge in [0.1, 0.15) is 0 Å². The fraction of sp³-hybridized carbons (Fsp3) is 1.00. The SMILES string of the molecule is CCC1CCC2CC2N1C(C)(C)C. The van der Waals surface area contributed by atoms with Crippen molar-refractivity contribution in [1.82, 2.24) is 4.90 Å². The van der Waals surface area contributed by atoms with E-state index in [-0.39, 0.29) is 0 Å². The first kappa shape index (κ1) is 9.51. The van der Waals surface area contributed by atoms with Gasteiger partial charge in [0.25, 0.3) is 0 Å². The number of piperidine rings is 1. The molecule has 2 fully saturated rings. The van der Waals surface area contributed by atoms with Crippen LogP contribution in [0, 0.1) is 5.92 Å². The summed E-state index contributed by atoms with van der Waals surface area (Å²) in [5, 5.41) is 0. The van der Waals surface area contributed by atoms with Gasteiger partial charge in [0.15, 0.2) is 0 Å². The zero-order valence-electron chi connectivity index (χ0n) is 9.51. The topological polar surface area (TPSA) is 3.24 Å². The van der Waals surface area contributed by atoms with E-state index in [2.05, 4.69) is 32.6 Å². The molecule has 2 aliphatic rings. The minimum absolute atomic E-state index is 0.389. The number of likely N-dealkylation sites (tertiary alicyclic amines) is 1. The molecule has 1 nitrogen and oxygen atoms in total. The quantitative estimate of drug-likeness (QED) is 0.601. The predicted octanol–water partition coefficient (Wildman–Crippen LogP) is 3.05. The molecule has 3 atom stereocenters. The van der Waals surface area contributed by atoms with Crippen LogP contribution in [0.3, 0.4) is 0 Å². The molecule has 0 bridgehead atoms. The molecule has 1 aliphatic heterocycles. The Labute approximate surface area is 82.5 Å². The smallest absolute Gasteiger partial charge is 0.0135 e. The lowest BCUT2D eigenvalue weighted by Gasteiger charge is -2.44. The molecule has 0 aromatic heterocycles. The normalized spacial score (nSPS) is 40.2. The molecule has 0 spiro atoms. The lowest BCUT2D eigenvalue weighted by molar-refractivity contribution is 0.0395. The highest BCUT2D eigenvalue weighted by Crippen LogP contribution is 2.48. The maximum Gasteiger partial charge on any atom is 0.0135 e. The molecule has 13 heavy (non-hydrogen) atoms. The minimum Gasteiger partial charge on any atom is -0.292 e. The average Bonchev–Trinajstić information content (AvgIpc) is 2.78. The van der Waals surface area contributed by atoms with E-state index >= 15 is 0 Å². The van der Waals surface area contributed by atoms with Crippen LogP contribution in [0.2, 0.25) is 0 Å². The Hall–Kier alpha value is -0.0400. The van der Waals surface area contributed by atoms with E-state index in [1.807, 2.05) is 0 Å². The second kappa shape index (κ2) is 2.98. The summed E-state index contributed by atoms with van der Waals surface area (Å²) < 4.78 is 0. The van der Waals surface area contributed by atoms with Crippen LogP contribution in [-0.2, 0) is 0 Å². The molecule has 0 radical (unpaired) electrons. The molecule has 1 heterocycles. The van der Waals surface area contributed by atoms with Gasteiger partial charge in [-0.1, -0.05) is 6.92 Å². The first-order chi connectivity index (χ1) is 6.04. The van der Waals surface area contributed by atoms with Gasteiger partial charge in [-0.2, -0.15) is 0 Å². The van der Waals surface area contributed by atoms with Gasteiger partial charge in [-0.3, -0.25) is 4.90 Å². The van der Waals surface area contributed by atoms with E-state index in [1.54, 1.807) is 0 Å². The van der Waals surface area contributed by atoms with Crippen molar-refractivity contribution in [3.63, 3.8) is 0 Å². The first-order valence-corrected chi connectivity index (χ1v) is 5.82. The van der Waals surface area contributed by atoms with Gasteiger partial charge in [0.2, 0.25) is 0 Å². The molecule has 0 aromatic rings. The summed E-state index contributed by atoms with van der Waals surface area (Å²) in [7, 11) is 0. The van der Waals surface area contributed by atoms with Gasteiger partial charge in [-0.05, 0) is 52.4 Å². The van der Waals surface area contributed by atoms with E-state index in [4.69, 9.17) is 0 Å². The molecular formula is C12H23N. The zero-order chi connectivity index (χ0) is 9.64. The van der Waals surface area contributed by atoms with E-state index < -0.39 is 0 Å². The Balaban J connectivity index is 2.11. The van der Waals surface area contributed by atoms with Crippen molar-refractivity contribution in [1.29, 1.82) is 0 Å². The fourth-order valence-electron chi connectivity index (χ4n) is 3.14. The van der Waals surface area contributed by atoms with Crippen molar-refractivity contribution in [3.8, 4) is 0 Å². The van der Waals surface area contributed by atoms with Crippen LogP contribution >= 0.6 is 0 Å². The third kappa shape index (κ3) is 1.63. The minimum atomic E-state index is 0.389. The lowest BCUT2D eigenvalue weighted by atomic mass is 9.93. The Morgan fingerprint density at radius 3 is 2.46 bits per heavy atom. The van der Waals surface area contributed by atoms with Crippen molar-refractivity contribution >= 4 is 0 Å². The van der Waals surface area contributed by atoms with Crippen molar-refractivity contribution in [3.05, 3.63) is 0 Å². The molecule has 3 unspecified atom stereocenters. The van der Waals surface area contributed by atoms with Crippen LogP contribution < -0.4 is 0 Å². The summed E-state index contributed by atoms with van der Waals surface area (Å²) in [5.41, 5.74) is 0.389. The summed E-state index contributed by atoms with van der Waals surface area (Å²) in [6.45, 7) is 9.45. The van der Waals surface area contributed by atoms with E-state index in [1.165, 1.54) is 25.7 Å². The third-order valence-electron chi connectivity index (χ3n) is 3.75. The molecule has 1 saturated heterocycles. The van der Waals surface area contributed by atoms with E-state index in [9.17, 15) is 0 Å². The highest BCUT2D eigenvalue weighted by atomic mass is 15.3. The van der Waals surface area contributed by atoms with E-state index in [0.29, 0.717) is 5.54 Å². The second-order valence-electron chi connectivity index (χ2n) is 5.78. The molecule has 76 valence electrons. The predicted molar refractivity (Wildman–Crippen MR) is 56.8 cm³/mol. The van der Waals surface area contributed by atoms with Crippen molar-refractivity contribution < 1.29 is 0 Å². The van der Waals surface area contributed by atoms with Gasteiger partial charge in [-0.25, -0.2) is 0 Å². The molecule has 0 amide bonds. The highest BCUT2D eigenvalue weighted by molar-refractivity contribution is 5.05. The van der Waals surface area contributed by atoms with Gasteiger partial charge >= 0.3 is 0 Å². The average molecular weight is 181 g/mol. The van der Waals surface area contributed by atoms with Crippen LogP contribution in [0.15, 0.2) is 0 Å². The van der Waals surface area contributed by atoms with Gasteiger partial charge < -0.3 is 0 Å². The summed E-state index contributed by atoms with van der Waals surface area (Å²) in [6, 6.07) is 1.81. The summed E-state index contributed by atoms with van der Waals surface area (Å²) in [4.78, 5) is 2.79. The zero-order valence-corrected chi connectivity index (χ0v) is 9.51. The number of hydrogen-bond acceptors (Lipinski definition) is 1. The van der Waals surface area contributed by atoms with Crippen LogP contribution in [0.5, 0.6) is 0 Å². The molecule has 1 heteroatoms. The summed E-state index contributed by atoms with van der Waals surface area (Å²) in [6.07, 6.45) is 5.75. The van der Waals surface area contributed by atoms with Gasteiger partial charge in [0.05, 0.1) is 0 Å². The second-order valence-corrected chi connectivity index (χ2v) is 5.78. The monoisotopic (exact) mass is 181 g/mol. The number of hydrogen-bond donors (Lipinski definition) is 0. The van der Waals surface area contributed by atoms with Gasteiger partial charge in [-0.15, -0.1) is 0 Å². The lowest BCUT2D eigenvalue weighted by Crippen LogP contribution is -2.51. The molecular weight excluding hydrogens is 158 g/mol. The molecule has 0 aromatic carbocycles. The van der Waals surface area contributed by atoms with Crippen LogP contribution in [0.1, 0.15) is 53.4 Å². The number of nitrogens with zero attached hydrogens (tertiary/aromatic N) is 1. The summed E-state index contributed by atoms with van der Waals surface area (Å²) in [5.74, 6) is 1.06. The fourth-order valence-corrected chi connectivity index (χ4v) is 3.14. The molecule has 1 aliphatic carbocycles. The van der Waals surface area contributed by atoms with Crippen molar-refractivity contribution in [2.75, 3.05) is 0 Å². The first-order valence-electron chi connectivity index (χ1n) is 5.82. The summed E-state index contributed by atoms with van der Waals surface area (Å²) >= 11 is 0. The van der Waals surface area contributed by atoms with E-state index in [0.717, 1.165) is 18.0 Å². The number of fused-ring (bicyclic) bond motifs is 1. The molecule has 2 rings (SSSR count). The third-order valence-corrected chi connectivity index (χ3v) is 3.75. The Morgan fingerprint density at radius 1 is 1.23 bits per heavy atom. The van der Waals surface area contributed by atoms with Crippen LogP contribution in [0.4, 0.5) is 0 Å². The van der Waals surface area contributed by atoms with Crippen LogP contribution in [0.25, 0.3) is 0 Å². The Morgan fingerprint density at radius 2 is 1.92 bits per heavy atom. The standard InChI is InChI=1S/C12H23N/c1-5-10-7-6-9-8-11(9)13(10)12(2,3)4/h9-11H,5-8H2,1-4H3. The highest BCUT2D eigenvalue weighted by Gasteiger charge is 2.50. The van der Waals surface area contributed by atoms with Crippen LogP contribution in [-0.4, -0.2) is 22.5 Å². The molecule has 1 saturated carbocycles. The van der Waals surface area contributed by atoms with Crippen molar-refractivity contribution in [2.24, 2.45) is 5.92 Å². The maximum absolute atomic E-state index is 2.79. The van der Waals surface area contributed by atoms with Crippen molar-refractivity contribution in [2.45, 2.75) is 71.0 Å². The maximum atomic E-state index is 2.79. The number of rotatable bonds is 1. The Kier molecular flexibility index (Phi) is 2.18. The molecule has 0 N–H and O–H groups in total. The Bertz CT molecular complexity index is 192. The van der Waals surface area contributed by atoms with Gasteiger partial charge in [0, 0.05) is 17.6 Å².